The second-order valence-corrected chi connectivity index (χ2v) is 6.31. The third-order valence-electron chi connectivity index (χ3n) is 4.08. The van der Waals surface area contributed by atoms with E-state index in [1.807, 2.05) is 0 Å². The lowest BCUT2D eigenvalue weighted by Gasteiger charge is -2.12. The minimum absolute atomic E-state index is 0.000913. The Kier molecular flexibility index (Phi) is 6.31. The van der Waals surface area contributed by atoms with Crippen LogP contribution in [0, 0.1) is 16.6 Å². The van der Waals surface area contributed by atoms with Crippen LogP contribution >= 0.6 is 0 Å². The zero-order valence-corrected chi connectivity index (χ0v) is 15.5. The van der Waals surface area contributed by atoms with Crippen LogP contribution in [-0.4, -0.2) is 23.4 Å². The van der Waals surface area contributed by atoms with Gasteiger partial charge >= 0.3 is 6.36 Å². The number of rotatable bonds is 6. The monoisotopic (exact) mass is 419 g/mol. The molecular weight excluding hydrogens is 402 g/mol. The summed E-state index contributed by atoms with van der Waals surface area (Å²) in [7, 11) is 0. The molecule has 156 valence electrons. The SMILES string of the molecule is N=C(COCc1ccc(F)cc1)n1cc(-c2ccc(OC(F)(F)F)cc2)ccc1=N. The van der Waals surface area contributed by atoms with E-state index in [-0.39, 0.29) is 36.1 Å². The molecule has 0 saturated heterocycles. The van der Waals surface area contributed by atoms with Crippen LogP contribution in [0.15, 0.2) is 66.9 Å². The largest absolute Gasteiger partial charge is 0.573 e. The summed E-state index contributed by atoms with van der Waals surface area (Å²) in [6.45, 7) is 0.0899. The summed E-state index contributed by atoms with van der Waals surface area (Å²) in [4.78, 5) is 0. The Morgan fingerprint density at radius 2 is 1.53 bits per heavy atom. The summed E-state index contributed by atoms with van der Waals surface area (Å²) in [6, 6.07) is 14.2. The predicted molar refractivity (Wildman–Crippen MR) is 102 cm³/mol. The van der Waals surface area contributed by atoms with Crippen LogP contribution in [-0.2, 0) is 11.3 Å². The fourth-order valence-corrected chi connectivity index (χ4v) is 2.66. The summed E-state index contributed by atoms with van der Waals surface area (Å²) < 4.78 is 60.4. The van der Waals surface area contributed by atoms with E-state index in [0.29, 0.717) is 11.1 Å². The summed E-state index contributed by atoms with van der Waals surface area (Å²) in [5.41, 5.74) is 1.99. The van der Waals surface area contributed by atoms with Crippen molar-refractivity contribution in [2.75, 3.05) is 6.61 Å². The number of hydrogen-bond acceptors (Lipinski definition) is 4. The Labute approximate surface area is 169 Å². The fraction of sp³-hybridized carbons (Fsp3) is 0.143. The van der Waals surface area contributed by atoms with Crippen molar-refractivity contribution < 1.29 is 27.0 Å². The first kappa shape index (κ1) is 21.3. The molecule has 0 atom stereocenters. The number of benzene rings is 2. The molecule has 1 heterocycles. The first-order chi connectivity index (χ1) is 14.2. The highest BCUT2D eigenvalue weighted by atomic mass is 19.4. The molecule has 0 amide bonds. The van der Waals surface area contributed by atoms with Gasteiger partial charge in [-0.1, -0.05) is 24.3 Å². The van der Waals surface area contributed by atoms with Crippen molar-refractivity contribution in [1.82, 2.24) is 4.57 Å². The van der Waals surface area contributed by atoms with E-state index in [1.165, 1.54) is 53.2 Å². The molecule has 0 radical (unpaired) electrons. The van der Waals surface area contributed by atoms with Gasteiger partial charge in [-0.2, -0.15) is 0 Å². The van der Waals surface area contributed by atoms with Crippen LogP contribution in [0.25, 0.3) is 11.1 Å². The highest BCUT2D eigenvalue weighted by molar-refractivity contribution is 5.83. The van der Waals surface area contributed by atoms with Gasteiger partial charge in [0.1, 0.15) is 29.5 Å². The Hall–Kier alpha value is -3.46. The molecule has 0 bridgehead atoms. The molecule has 3 rings (SSSR count). The van der Waals surface area contributed by atoms with Crippen molar-refractivity contribution in [3.8, 4) is 16.9 Å². The maximum Gasteiger partial charge on any atom is 0.573 e. The lowest BCUT2D eigenvalue weighted by Crippen LogP contribution is -2.29. The van der Waals surface area contributed by atoms with Crippen molar-refractivity contribution >= 4 is 5.84 Å². The van der Waals surface area contributed by atoms with Crippen LogP contribution in [0.5, 0.6) is 5.75 Å². The van der Waals surface area contributed by atoms with Crippen molar-refractivity contribution in [2.24, 2.45) is 0 Å². The number of hydrogen-bond donors (Lipinski definition) is 2. The van der Waals surface area contributed by atoms with Gasteiger partial charge in [0.05, 0.1) is 6.61 Å². The summed E-state index contributed by atoms with van der Waals surface area (Å²) in [5.74, 6) is -0.685. The summed E-state index contributed by atoms with van der Waals surface area (Å²) in [6.07, 6.45) is -3.23. The molecule has 0 unspecified atom stereocenters. The van der Waals surface area contributed by atoms with Crippen LogP contribution in [0.3, 0.4) is 0 Å². The summed E-state index contributed by atoms with van der Waals surface area (Å²) >= 11 is 0. The lowest BCUT2D eigenvalue weighted by atomic mass is 10.1. The minimum Gasteiger partial charge on any atom is -0.406 e. The maximum absolute atomic E-state index is 12.9. The first-order valence-corrected chi connectivity index (χ1v) is 8.75. The van der Waals surface area contributed by atoms with Gasteiger partial charge in [-0.15, -0.1) is 13.2 Å². The van der Waals surface area contributed by atoms with E-state index in [0.717, 1.165) is 5.56 Å². The molecule has 2 aromatic carbocycles. The molecule has 0 aliphatic heterocycles. The van der Waals surface area contributed by atoms with Gasteiger partial charge in [-0.25, -0.2) is 4.39 Å². The van der Waals surface area contributed by atoms with Crippen LogP contribution in [0.4, 0.5) is 17.6 Å². The number of nitrogens with zero attached hydrogens (tertiary/aromatic N) is 1. The van der Waals surface area contributed by atoms with Crippen LogP contribution in [0.2, 0.25) is 0 Å². The molecule has 9 heteroatoms. The predicted octanol–water partition coefficient (Wildman–Crippen LogP) is 4.71. The standard InChI is InChI=1S/C21H17F4N3O2/c22-17-6-1-14(2-7-17)12-29-13-20(27)28-11-16(5-10-19(28)26)15-3-8-18(9-4-15)30-21(23,24)25/h1-11,26-27H,12-13H2. The molecule has 30 heavy (non-hydrogen) atoms. The molecule has 0 aliphatic carbocycles. The number of halogens is 4. The lowest BCUT2D eigenvalue weighted by molar-refractivity contribution is -0.274. The highest BCUT2D eigenvalue weighted by Gasteiger charge is 2.30. The van der Waals surface area contributed by atoms with Gasteiger partial charge in [0.15, 0.2) is 0 Å². The number of ether oxygens (including phenoxy) is 2. The Bertz CT molecular complexity index is 1080. The van der Waals surface area contributed by atoms with Crippen molar-refractivity contribution in [2.45, 2.75) is 13.0 Å². The molecule has 0 spiro atoms. The number of pyridine rings is 1. The van der Waals surface area contributed by atoms with E-state index < -0.39 is 6.36 Å². The van der Waals surface area contributed by atoms with Gasteiger partial charge in [-0.3, -0.25) is 15.4 Å². The van der Waals surface area contributed by atoms with E-state index in [9.17, 15) is 17.6 Å². The normalized spacial score (nSPS) is 11.3. The average Bonchev–Trinajstić information content (AvgIpc) is 2.69. The molecule has 2 N–H and O–H groups in total. The van der Waals surface area contributed by atoms with Gasteiger partial charge in [-0.05, 0) is 53.1 Å². The van der Waals surface area contributed by atoms with Gasteiger partial charge < -0.3 is 9.47 Å². The molecule has 3 aromatic rings. The quantitative estimate of drug-likeness (QED) is 0.345. The minimum atomic E-state index is -4.76. The molecular formula is C21H17F4N3O2. The van der Waals surface area contributed by atoms with E-state index >= 15 is 0 Å². The molecule has 0 aliphatic rings. The van der Waals surface area contributed by atoms with Crippen LogP contribution in [0.1, 0.15) is 5.56 Å². The smallest absolute Gasteiger partial charge is 0.406 e. The van der Waals surface area contributed by atoms with Gasteiger partial charge in [0.25, 0.3) is 0 Å². The van der Waals surface area contributed by atoms with Crippen molar-refractivity contribution in [3.05, 3.63) is 83.7 Å². The molecule has 1 aromatic heterocycles. The van der Waals surface area contributed by atoms with E-state index in [4.69, 9.17) is 15.6 Å². The highest BCUT2D eigenvalue weighted by Crippen LogP contribution is 2.26. The average molecular weight is 419 g/mol. The van der Waals surface area contributed by atoms with Gasteiger partial charge in [0, 0.05) is 6.20 Å². The zero-order valence-electron chi connectivity index (χ0n) is 15.5. The second-order valence-electron chi connectivity index (χ2n) is 6.31. The number of alkyl halides is 3. The Morgan fingerprint density at radius 3 is 2.17 bits per heavy atom. The Morgan fingerprint density at radius 1 is 0.900 bits per heavy atom. The third kappa shape index (κ3) is 5.77. The number of nitrogens with one attached hydrogen (secondary N) is 2. The number of aromatic nitrogens is 1. The molecule has 5 nitrogen and oxygen atoms in total. The van der Waals surface area contributed by atoms with E-state index in [2.05, 4.69) is 4.74 Å². The fourth-order valence-electron chi connectivity index (χ4n) is 2.66. The van der Waals surface area contributed by atoms with Gasteiger partial charge in [0.2, 0.25) is 0 Å². The molecule has 0 saturated carbocycles. The third-order valence-corrected chi connectivity index (χ3v) is 4.08. The second kappa shape index (κ2) is 8.91. The summed E-state index contributed by atoms with van der Waals surface area (Å²) in [5, 5.41) is 16.2. The van der Waals surface area contributed by atoms with Crippen LogP contribution < -0.4 is 10.2 Å². The maximum atomic E-state index is 12.9. The van der Waals surface area contributed by atoms with E-state index in [1.54, 1.807) is 18.2 Å². The Balaban J connectivity index is 1.69. The zero-order chi connectivity index (χ0) is 21.7. The molecule has 0 fully saturated rings. The first-order valence-electron chi connectivity index (χ1n) is 8.75. The van der Waals surface area contributed by atoms with Crippen molar-refractivity contribution in [1.29, 1.82) is 10.8 Å². The van der Waals surface area contributed by atoms with Crippen molar-refractivity contribution in [3.63, 3.8) is 0 Å². The topological polar surface area (TPSA) is 71.1 Å².